The van der Waals surface area contributed by atoms with E-state index in [0.717, 1.165) is 5.56 Å². The fraction of sp³-hybridized carbons (Fsp3) is 0.400. The van der Waals surface area contributed by atoms with Gasteiger partial charge >= 0.3 is 0 Å². The van der Waals surface area contributed by atoms with Crippen LogP contribution in [0.5, 0.6) is 5.75 Å². The fourth-order valence-electron chi connectivity index (χ4n) is 1.12. The van der Waals surface area contributed by atoms with Crippen LogP contribution in [0.3, 0.4) is 0 Å². The molecular formula is C10H14N2O2. The molecule has 76 valence electrons. The van der Waals surface area contributed by atoms with Crippen LogP contribution < -0.4 is 10.1 Å². The number of fused-ring (bicyclic) bond motifs is 1. The summed E-state index contributed by atoms with van der Waals surface area (Å²) in [7, 11) is 0. The summed E-state index contributed by atoms with van der Waals surface area (Å²) < 4.78 is 5.19. The van der Waals surface area contributed by atoms with E-state index in [0.29, 0.717) is 11.6 Å². The van der Waals surface area contributed by atoms with Gasteiger partial charge in [-0.25, -0.2) is 4.98 Å². The number of aromatic nitrogens is 1. The minimum Gasteiger partial charge on any atom is -0.480 e. The third-order valence-electron chi connectivity index (χ3n) is 1.71. The summed E-state index contributed by atoms with van der Waals surface area (Å²) in [6.45, 7) is 6.00. The molecule has 1 aromatic rings. The lowest BCUT2D eigenvalue weighted by Gasteiger charge is -2.17. The van der Waals surface area contributed by atoms with Gasteiger partial charge in [-0.05, 0) is 18.6 Å². The van der Waals surface area contributed by atoms with E-state index < -0.39 is 0 Å². The Bertz CT molecular complexity index is 337. The topological polar surface area (TPSA) is 51.2 Å². The Kier molecular flexibility index (Phi) is 3.45. The summed E-state index contributed by atoms with van der Waals surface area (Å²) in [5.74, 6) is 1.05. The Hall–Kier alpha value is -1.58. The van der Waals surface area contributed by atoms with Crippen molar-refractivity contribution in [3.05, 3.63) is 17.8 Å². The number of anilines is 1. The van der Waals surface area contributed by atoms with Gasteiger partial charge in [-0.3, -0.25) is 4.79 Å². The van der Waals surface area contributed by atoms with E-state index in [2.05, 4.69) is 10.3 Å². The Morgan fingerprint density at radius 2 is 2.21 bits per heavy atom. The molecule has 0 aliphatic carbocycles. The first-order valence-electron chi connectivity index (χ1n) is 4.65. The van der Waals surface area contributed by atoms with E-state index >= 15 is 0 Å². The van der Waals surface area contributed by atoms with Crippen molar-refractivity contribution < 1.29 is 9.53 Å². The maximum atomic E-state index is 10.9. The van der Waals surface area contributed by atoms with Gasteiger partial charge in [-0.2, -0.15) is 0 Å². The maximum Gasteiger partial charge on any atom is 0.263 e. The SMILES string of the molecule is CC.Cc1ccnc2c1OCC(=O)N2. The smallest absolute Gasteiger partial charge is 0.263 e. The zero-order valence-corrected chi connectivity index (χ0v) is 8.63. The van der Waals surface area contributed by atoms with Crippen molar-refractivity contribution in [2.24, 2.45) is 0 Å². The van der Waals surface area contributed by atoms with Crippen LogP contribution in [0, 0.1) is 6.92 Å². The predicted octanol–water partition coefficient (Wildman–Crippen LogP) is 1.75. The lowest BCUT2D eigenvalue weighted by atomic mass is 10.2. The number of aryl methyl sites for hydroxylation is 1. The Morgan fingerprint density at radius 1 is 1.50 bits per heavy atom. The minimum atomic E-state index is -0.152. The molecule has 14 heavy (non-hydrogen) atoms. The van der Waals surface area contributed by atoms with Crippen LogP contribution in [0.4, 0.5) is 5.82 Å². The predicted molar refractivity (Wildman–Crippen MR) is 54.4 cm³/mol. The first-order chi connectivity index (χ1) is 6.77. The van der Waals surface area contributed by atoms with E-state index in [1.807, 2.05) is 26.8 Å². The first kappa shape index (κ1) is 10.5. The highest BCUT2D eigenvalue weighted by atomic mass is 16.5. The number of carbonyl (C=O) groups excluding carboxylic acids is 1. The molecule has 4 nitrogen and oxygen atoms in total. The van der Waals surface area contributed by atoms with Crippen LogP contribution in [0.25, 0.3) is 0 Å². The van der Waals surface area contributed by atoms with Crippen molar-refractivity contribution in [2.45, 2.75) is 20.8 Å². The van der Waals surface area contributed by atoms with Crippen molar-refractivity contribution in [1.29, 1.82) is 0 Å². The summed E-state index contributed by atoms with van der Waals surface area (Å²) in [4.78, 5) is 14.8. The quantitative estimate of drug-likeness (QED) is 0.684. The van der Waals surface area contributed by atoms with Crippen LogP contribution in [0.2, 0.25) is 0 Å². The molecule has 1 amide bonds. The molecule has 0 saturated carbocycles. The van der Waals surface area contributed by atoms with Gasteiger partial charge in [0.2, 0.25) is 0 Å². The zero-order valence-electron chi connectivity index (χ0n) is 8.63. The van der Waals surface area contributed by atoms with E-state index in [4.69, 9.17) is 4.74 Å². The molecule has 0 fully saturated rings. The molecule has 0 unspecified atom stereocenters. The Balaban J connectivity index is 0.000000461. The molecule has 0 saturated heterocycles. The summed E-state index contributed by atoms with van der Waals surface area (Å²) >= 11 is 0. The second-order valence-electron chi connectivity index (χ2n) is 2.64. The summed E-state index contributed by atoms with van der Waals surface area (Å²) in [5, 5.41) is 2.63. The standard InChI is InChI=1S/C8H8N2O2.C2H6/c1-5-2-3-9-8-7(5)12-4-6(11)10-8;1-2/h2-3H,4H2,1H3,(H,9,10,11);1-2H3. The highest BCUT2D eigenvalue weighted by molar-refractivity contribution is 5.94. The van der Waals surface area contributed by atoms with Crippen LogP contribution in [-0.4, -0.2) is 17.5 Å². The number of rotatable bonds is 0. The molecular weight excluding hydrogens is 180 g/mol. The number of pyridine rings is 1. The zero-order chi connectivity index (χ0) is 10.6. The molecule has 0 bridgehead atoms. The molecule has 0 atom stereocenters. The highest BCUT2D eigenvalue weighted by Gasteiger charge is 2.17. The summed E-state index contributed by atoms with van der Waals surface area (Å²) in [5.41, 5.74) is 0.986. The van der Waals surface area contributed by atoms with Crippen LogP contribution in [0.1, 0.15) is 19.4 Å². The van der Waals surface area contributed by atoms with E-state index in [1.165, 1.54) is 0 Å². The summed E-state index contributed by atoms with van der Waals surface area (Å²) in [6.07, 6.45) is 1.64. The van der Waals surface area contributed by atoms with E-state index in [-0.39, 0.29) is 12.5 Å². The molecule has 4 heteroatoms. The van der Waals surface area contributed by atoms with Crippen molar-refractivity contribution in [2.75, 3.05) is 11.9 Å². The number of amides is 1. The molecule has 1 aromatic heterocycles. The van der Waals surface area contributed by atoms with Gasteiger partial charge in [0.05, 0.1) is 0 Å². The third-order valence-corrected chi connectivity index (χ3v) is 1.71. The van der Waals surface area contributed by atoms with Gasteiger partial charge in [0.25, 0.3) is 5.91 Å². The van der Waals surface area contributed by atoms with Crippen LogP contribution in [-0.2, 0) is 4.79 Å². The number of hydrogen-bond donors (Lipinski definition) is 1. The van der Waals surface area contributed by atoms with Crippen molar-refractivity contribution in [1.82, 2.24) is 4.98 Å². The first-order valence-corrected chi connectivity index (χ1v) is 4.65. The number of carbonyl (C=O) groups is 1. The normalized spacial score (nSPS) is 12.9. The Labute approximate surface area is 83.3 Å². The van der Waals surface area contributed by atoms with Gasteiger partial charge in [-0.1, -0.05) is 13.8 Å². The van der Waals surface area contributed by atoms with Gasteiger partial charge in [0.1, 0.15) is 0 Å². The lowest BCUT2D eigenvalue weighted by molar-refractivity contribution is -0.118. The average Bonchev–Trinajstić information content (AvgIpc) is 2.21. The van der Waals surface area contributed by atoms with Crippen LogP contribution >= 0.6 is 0 Å². The average molecular weight is 194 g/mol. The maximum absolute atomic E-state index is 10.9. The fourth-order valence-corrected chi connectivity index (χ4v) is 1.12. The van der Waals surface area contributed by atoms with E-state index in [1.54, 1.807) is 6.20 Å². The molecule has 1 aliphatic rings. The molecule has 2 heterocycles. The minimum absolute atomic E-state index is 0.0829. The molecule has 0 radical (unpaired) electrons. The Morgan fingerprint density at radius 3 is 2.93 bits per heavy atom. The second-order valence-corrected chi connectivity index (χ2v) is 2.64. The molecule has 0 spiro atoms. The third kappa shape index (κ3) is 2.02. The monoisotopic (exact) mass is 194 g/mol. The van der Waals surface area contributed by atoms with Crippen molar-refractivity contribution in [3.8, 4) is 5.75 Å². The number of hydrogen-bond acceptors (Lipinski definition) is 3. The van der Waals surface area contributed by atoms with Gasteiger partial charge < -0.3 is 10.1 Å². The van der Waals surface area contributed by atoms with Crippen molar-refractivity contribution >= 4 is 11.7 Å². The van der Waals surface area contributed by atoms with Gasteiger partial charge in [-0.15, -0.1) is 0 Å². The molecule has 1 aliphatic heterocycles. The van der Waals surface area contributed by atoms with Crippen LogP contribution in [0.15, 0.2) is 12.3 Å². The number of nitrogens with zero attached hydrogens (tertiary/aromatic N) is 1. The lowest BCUT2D eigenvalue weighted by Crippen LogP contribution is -2.26. The summed E-state index contributed by atoms with van der Waals surface area (Å²) in [6, 6.07) is 1.84. The van der Waals surface area contributed by atoms with E-state index in [9.17, 15) is 4.79 Å². The molecule has 2 rings (SSSR count). The number of nitrogens with one attached hydrogen (secondary N) is 1. The highest BCUT2D eigenvalue weighted by Crippen LogP contribution is 2.27. The van der Waals surface area contributed by atoms with Crippen molar-refractivity contribution in [3.63, 3.8) is 0 Å². The number of ether oxygens (including phenoxy) is 1. The van der Waals surface area contributed by atoms with Gasteiger partial charge in [0, 0.05) is 6.20 Å². The van der Waals surface area contributed by atoms with Gasteiger partial charge in [0.15, 0.2) is 18.2 Å². The molecule has 1 N–H and O–H groups in total. The molecule has 0 aromatic carbocycles. The largest absolute Gasteiger partial charge is 0.480 e. The second kappa shape index (κ2) is 4.60.